The molecule has 0 atom stereocenters. The molecule has 0 saturated carbocycles. The monoisotopic (exact) mass is 370 g/mol. The smallest absolute Gasteiger partial charge is 0.345 e. The lowest BCUT2D eigenvalue weighted by Gasteiger charge is -2.16. The number of rotatable bonds is 7. The van der Waals surface area contributed by atoms with Gasteiger partial charge in [-0.1, -0.05) is 0 Å². The van der Waals surface area contributed by atoms with Crippen molar-refractivity contribution < 1.29 is 18.3 Å². The Morgan fingerprint density at radius 2 is 2.21 bits per heavy atom. The van der Waals surface area contributed by atoms with Crippen LogP contribution in [0, 0.1) is 0 Å². The van der Waals surface area contributed by atoms with Crippen LogP contribution in [0.2, 0.25) is 0 Å². The summed E-state index contributed by atoms with van der Waals surface area (Å²) in [5, 5.41) is 11.8. The summed E-state index contributed by atoms with van der Waals surface area (Å²) in [7, 11) is -0.381. The number of carboxylic acids is 1. The van der Waals surface area contributed by atoms with E-state index in [9.17, 15) is 13.2 Å². The SMILES string of the molecule is CNCCCN(C)S(=O)(=O)c1cc(C(=O)O)sc1Br. The number of thiophene rings is 1. The fourth-order valence-corrected chi connectivity index (χ4v) is 4.96. The molecule has 1 heterocycles. The van der Waals surface area contributed by atoms with Crippen LogP contribution in [0.15, 0.2) is 14.7 Å². The van der Waals surface area contributed by atoms with Crippen LogP contribution in [-0.2, 0) is 10.0 Å². The van der Waals surface area contributed by atoms with Gasteiger partial charge in [-0.3, -0.25) is 0 Å². The average Bonchev–Trinajstić information content (AvgIpc) is 2.72. The molecule has 0 aliphatic rings. The molecule has 0 saturated heterocycles. The Kier molecular flexibility index (Phi) is 5.93. The van der Waals surface area contributed by atoms with Crippen molar-refractivity contribution in [3.8, 4) is 0 Å². The van der Waals surface area contributed by atoms with Gasteiger partial charge in [0.05, 0.1) is 3.79 Å². The molecule has 0 unspecified atom stereocenters. The largest absolute Gasteiger partial charge is 0.477 e. The van der Waals surface area contributed by atoms with Crippen molar-refractivity contribution in [2.24, 2.45) is 0 Å². The predicted octanol–water partition coefficient (Wildman–Crippen LogP) is 1.44. The van der Waals surface area contributed by atoms with E-state index in [1.165, 1.54) is 17.4 Å². The molecule has 0 spiro atoms. The third-order valence-corrected chi connectivity index (χ3v) is 6.55. The maximum atomic E-state index is 12.3. The highest BCUT2D eigenvalue weighted by Crippen LogP contribution is 2.33. The summed E-state index contributed by atoms with van der Waals surface area (Å²) in [6, 6.07) is 1.18. The van der Waals surface area contributed by atoms with Crippen LogP contribution in [-0.4, -0.2) is 51.0 Å². The van der Waals surface area contributed by atoms with Gasteiger partial charge in [0.1, 0.15) is 9.77 Å². The standard InChI is InChI=1S/C10H15BrN2O4S2/c1-12-4-3-5-13(2)19(16,17)8-6-7(10(14)15)18-9(8)11/h6,12H,3-5H2,1-2H3,(H,14,15). The minimum absolute atomic E-state index is 0.00172. The number of aromatic carboxylic acids is 1. The minimum atomic E-state index is -3.66. The number of sulfonamides is 1. The van der Waals surface area contributed by atoms with Crippen LogP contribution in [0.3, 0.4) is 0 Å². The molecule has 0 aliphatic carbocycles. The van der Waals surface area contributed by atoms with Crippen molar-refractivity contribution >= 4 is 43.3 Å². The minimum Gasteiger partial charge on any atom is -0.477 e. The molecule has 0 amide bonds. The zero-order chi connectivity index (χ0) is 14.6. The lowest BCUT2D eigenvalue weighted by molar-refractivity contribution is 0.0702. The third-order valence-electron chi connectivity index (χ3n) is 2.45. The van der Waals surface area contributed by atoms with Crippen molar-refractivity contribution in [2.45, 2.75) is 11.3 Å². The zero-order valence-electron chi connectivity index (χ0n) is 10.5. The molecule has 19 heavy (non-hydrogen) atoms. The Morgan fingerprint density at radius 1 is 1.58 bits per heavy atom. The normalized spacial score (nSPS) is 12.0. The number of hydrogen-bond donors (Lipinski definition) is 2. The molecule has 1 aromatic heterocycles. The quantitative estimate of drug-likeness (QED) is 0.709. The zero-order valence-corrected chi connectivity index (χ0v) is 13.7. The summed E-state index contributed by atoms with van der Waals surface area (Å²) in [5.41, 5.74) is 0. The van der Waals surface area contributed by atoms with E-state index in [0.717, 1.165) is 11.3 Å². The van der Waals surface area contributed by atoms with Crippen molar-refractivity contribution in [1.82, 2.24) is 9.62 Å². The molecule has 0 fully saturated rings. The van der Waals surface area contributed by atoms with Crippen LogP contribution >= 0.6 is 27.3 Å². The molecule has 1 aromatic rings. The number of hydrogen-bond acceptors (Lipinski definition) is 5. The first-order chi connectivity index (χ1) is 8.80. The fourth-order valence-electron chi connectivity index (χ4n) is 1.40. The molecule has 9 heteroatoms. The van der Waals surface area contributed by atoms with E-state index >= 15 is 0 Å². The Hall–Kier alpha value is -0.480. The van der Waals surface area contributed by atoms with E-state index in [4.69, 9.17) is 5.11 Å². The first kappa shape index (κ1) is 16.6. The average molecular weight is 371 g/mol. The first-order valence-corrected chi connectivity index (χ1v) is 8.49. The van der Waals surface area contributed by atoms with E-state index in [0.29, 0.717) is 23.3 Å². The van der Waals surface area contributed by atoms with Gasteiger partial charge in [-0.15, -0.1) is 11.3 Å². The number of carboxylic acid groups (broad SMARTS) is 1. The second-order valence-electron chi connectivity index (χ2n) is 3.84. The van der Waals surface area contributed by atoms with Crippen LogP contribution in [0.5, 0.6) is 0 Å². The van der Waals surface area contributed by atoms with Gasteiger partial charge in [-0.05, 0) is 42.0 Å². The number of nitrogens with one attached hydrogen (secondary N) is 1. The summed E-state index contributed by atoms with van der Waals surface area (Å²) >= 11 is 4.00. The lowest BCUT2D eigenvalue weighted by Crippen LogP contribution is -2.29. The van der Waals surface area contributed by atoms with Gasteiger partial charge in [0.15, 0.2) is 0 Å². The van der Waals surface area contributed by atoms with Gasteiger partial charge in [0, 0.05) is 13.6 Å². The Balaban J connectivity index is 2.96. The van der Waals surface area contributed by atoms with Gasteiger partial charge in [-0.25, -0.2) is 17.5 Å². The van der Waals surface area contributed by atoms with Gasteiger partial charge in [0.25, 0.3) is 0 Å². The number of nitrogens with zero attached hydrogens (tertiary/aromatic N) is 1. The van der Waals surface area contributed by atoms with Crippen LogP contribution in [0.25, 0.3) is 0 Å². The van der Waals surface area contributed by atoms with Crippen molar-refractivity contribution in [3.63, 3.8) is 0 Å². The molecule has 0 bridgehead atoms. The molecule has 1 rings (SSSR count). The number of carbonyl (C=O) groups is 1. The Labute approximate surface area is 124 Å². The molecule has 108 valence electrons. The van der Waals surface area contributed by atoms with E-state index in [2.05, 4.69) is 21.2 Å². The second kappa shape index (κ2) is 6.80. The summed E-state index contributed by atoms with van der Waals surface area (Å²) in [4.78, 5) is 10.8. The van der Waals surface area contributed by atoms with Crippen LogP contribution in [0.1, 0.15) is 16.1 Å². The summed E-state index contributed by atoms with van der Waals surface area (Å²) in [6.45, 7) is 1.08. The fraction of sp³-hybridized carbons (Fsp3) is 0.500. The molecular formula is C10H15BrN2O4S2. The van der Waals surface area contributed by atoms with E-state index in [-0.39, 0.29) is 9.77 Å². The molecular weight excluding hydrogens is 356 g/mol. The molecule has 0 radical (unpaired) electrons. The van der Waals surface area contributed by atoms with Crippen molar-refractivity contribution in [2.75, 3.05) is 27.2 Å². The van der Waals surface area contributed by atoms with Gasteiger partial charge in [0.2, 0.25) is 10.0 Å². The second-order valence-corrected chi connectivity index (χ2v) is 8.22. The molecule has 0 aliphatic heterocycles. The summed E-state index contributed by atoms with van der Waals surface area (Å²) < 4.78 is 26.1. The Morgan fingerprint density at radius 3 is 2.68 bits per heavy atom. The molecule has 6 nitrogen and oxygen atoms in total. The third kappa shape index (κ3) is 3.99. The van der Waals surface area contributed by atoms with E-state index in [1.54, 1.807) is 7.05 Å². The Bertz CT molecular complexity index is 556. The summed E-state index contributed by atoms with van der Waals surface area (Å²) in [5.74, 6) is -1.13. The maximum Gasteiger partial charge on any atom is 0.345 e. The van der Waals surface area contributed by atoms with Crippen molar-refractivity contribution in [3.05, 3.63) is 14.7 Å². The highest BCUT2D eigenvalue weighted by Gasteiger charge is 2.26. The van der Waals surface area contributed by atoms with Gasteiger partial charge in [-0.2, -0.15) is 0 Å². The molecule has 0 aromatic carbocycles. The van der Waals surface area contributed by atoms with Crippen LogP contribution < -0.4 is 5.32 Å². The van der Waals surface area contributed by atoms with E-state index in [1.807, 2.05) is 0 Å². The van der Waals surface area contributed by atoms with Gasteiger partial charge >= 0.3 is 5.97 Å². The highest BCUT2D eigenvalue weighted by atomic mass is 79.9. The topological polar surface area (TPSA) is 86.7 Å². The predicted molar refractivity (Wildman–Crippen MR) is 77.3 cm³/mol. The van der Waals surface area contributed by atoms with Gasteiger partial charge < -0.3 is 10.4 Å². The number of halogens is 1. The lowest BCUT2D eigenvalue weighted by atomic mass is 10.4. The maximum absolute atomic E-state index is 12.3. The highest BCUT2D eigenvalue weighted by molar-refractivity contribution is 9.11. The van der Waals surface area contributed by atoms with Crippen LogP contribution in [0.4, 0.5) is 0 Å². The molecule has 2 N–H and O–H groups in total. The van der Waals surface area contributed by atoms with E-state index < -0.39 is 16.0 Å². The summed E-state index contributed by atoms with van der Waals surface area (Å²) in [6.07, 6.45) is 0.680. The van der Waals surface area contributed by atoms with Crippen molar-refractivity contribution in [1.29, 1.82) is 0 Å². The first-order valence-electron chi connectivity index (χ1n) is 5.44.